The molecule has 326 valence electrons. The van der Waals surface area contributed by atoms with Gasteiger partial charge in [0.2, 0.25) is 5.95 Å². The summed E-state index contributed by atoms with van der Waals surface area (Å²) >= 11 is 0.723. The highest BCUT2D eigenvalue weighted by molar-refractivity contribution is 7.90. The van der Waals surface area contributed by atoms with Crippen molar-refractivity contribution in [1.82, 2.24) is 19.7 Å². The molecule has 2 unspecified atom stereocenters. The van der Waals surface area contributed by atoms with Gasteiger partial charge in [-0.15, -0.1) is 17.8 Å². The third-order valence-electron chi connectivity index (χ3n) is 8.50. The maximum absolute atomic E-state index is 14.7. The van der Waals surface area contributed by atoms with Gasteiger partial charge in [-0.2, -0.15) is 15.0 Å². The topological polar surface area (TPSA) is 328 Å². The molecule has 22 nitrogen and oxygen atoms in total. The van der Waals surface area contributed by atoms with Crippen molar-refractivity contribution in [3.05, 3.63) is 51.2 Å². The van der Waals surface area contributed by atoms with Gasteiger partial charge in [0.25, 0.3) is 27.7 Å². The lowest BCUT2D eigenvalue weighted by Crippen LogP contribution is -2.39. The van der Waals surface area contributed by atoms with E-state index in [1.807, 2.05) is 0 Å². The van der Waals surface area contributed by atoms with Gasteiger partial charge in [0.1, 0.15) is 27.4 Å². The molecule has 0 saturated heterocycles. The number of carbonyl (C=O) groups excluding carboxylic acids is 4. The summed E-state index contributed by atoms with van der Waals surface area (Å²) in [4.78, 5) is 91.7. The van der Waals surface area contributed by atoms with Gasteiger partial charge in [-0.3, -0.25) is 34.0 Å². The number of aliphatic carboxylic acids is 1. The molecule has 0 radical (unpaired) electrons. The average molecular weight is 909 g/mol. The Kier molecular flexibility index (Phi) is 15.4. The third kappa shape index (κ3) is 11.9. The first-order valence-corrected chi connectivity index (χ1v) is 22.2. The average Bonchev–Trinajstić information content (AvgIpc) is 3.79. The van der Waals surface area contributed by atoms with Gasteiger partial charge in [-0.05, 0) is 56.5 Å². The van der Waals surface area contributed by atoms with Crippen LogP contribution in [0.25, 0.3) is 0 Å². The van der Waals surface area contributed by atoms with Crippen molar-refractivity contribution in [3.8, 4) is 24.1 Å². The van der Waals surface area contributed by atoms with Gasteiger partial charge in [0, 0.05) is 30.0 Å². The van der Waals surface area contributed by atoms with Crippen molar-refractivity contribution in [2.75, 3.05) is 48.2 Å². The highest BCUT2D eigenvalue weighted by Crippen LogP contribution is 2.42. The molecular weight excluding hydrogens is 871 g/mol. The Hall–Kier alpha value is -6.32. The van der Waals surface area contributed by atoms with Crippen molar-refractivity contribution >= 4 is 81.7 Å². The number of thiophene rings is 1. The molecule has 26 heteroatoms. The van der Waals surface area contributed by atoms with Crippen molar-refractivity contribution in [1.29, 1.82) is 0 Å². The van der Waals surface area contributed by atoms with Crippen LogP contribution in [0.2, 0.25) is 0 Å². The minimum Gasteiger partial charge on any atom is -0.481 e. The number of carboxylic acid groups (broad SMARTS) is 2. The number of benzene rings is 1. The van der Waals surface area contributed by atoms with Gasteiger partial charge >= 0.3 is 24.0 Å². The number of methoxy groups -OCH3 is 1. The van der Waals surface area contributed by atoms with Crippen LogP contribution in [0.5, 0.6) is 11.8 Å². The Labute approximate surface area is 350 Å². The summed E-state index contributed by atoms with van der Waals surface area (Å²) in [7, 11) is -6.16. The van der Waals surface area contributed by atoms with E-state index in [0.29, 0.717) is 24.0 Å². The van der Waals surface area contributed by atoms with Crippen LogP contribution in [0, 0.1) is 25.1 Å². The Morgan fingerprint density at radius 2 is 1.75 bits per heavy atom. The summed E-state index contributed by atoms with van der Waals surface area (Å²) in [5.41, 5.74) is 6.08. The number of anilines is 3. The number of fused-ring (bicyclic) bond motifs is 1. The summed E-state index contributed by atoms with van der Waals surface area (Å²) in [6, 6.07) is 1.19. The summed E-state index contributed by atoms with van der Waals surface area (Å²) < 4.78 is 61.3. The van der Waals surface area contributed by atoms with Crippen molar-refractivity contribution in [2.24, 2.45) is 5.73 Å². The molecule has 5 amide bonds. The van der Waals surface area contributed by atoms with E-state index in [1.54, 1.807) is 4.72 Å². The smallest absolute Gasteiger partial charge is 0.347 e. The van der Waals surface area contributed by atoms with E-state index in [-0.39, 0.29) is 66.5 Å². The van der Waals surface area contributed by atoms with Crippen molar-refractivity contribution in [2.45, 2.75) is 50.0 Å². The summed E-state index contributed by atoms with van der Waals surface area (Å²) in [5, 5.41) is 20.6. The number of rotatable bonds is 11. The second-order valence-electron chi connectivity index (χ2n) is 13.0. The van der Waals surface area contributed by atoms with Crippen molar-refractivity contribution < 1.29 is 70.7 Å². The number of nitrogens with one attached hydrogen (secondary N) is 2. The number of aromatic nitrogens is 3. The monoisotopic (exact) mass is 908 g/mol. The van der Waals surface area contributed by atoms with Crippen LogP contribution in [0.15, 0.2) is 39.6 Å². The number of aromatic carboxylic acids is 1. The second kappa shape index (κ2) is 19.8. The van der Waals surface area contributed by atoms with Gasteiger partial charge in [0.05, 0.1) is 25.0 Å². The first-order valence-electron chi connectivity index (χ1n) is 17.6. The highest BCUT2D eigenvalue weighted by atomic mass is 32.2. The van der Waals surface area contributed by atoms with Crippen LogP contribution in [-0.2, 0) is 33.8 Å². The Morgan fingerprint density at radius 3 is 2.31 bits per heavy atom. The van der Waals surface area contributed by atoms with Crippen molar-refractivity contribution in [3.63, 3.8) is 0 Å². The van der Waals surface area contributed by atoms with Crippen LogP contribution in [0.1, 0.15) is 47.6 Å². The highest BCUT2D eigenvalue weighted by Gasteiger charge is 2.42. The molecule has 7 N–H and O–H groups in total. The van der Waals surface area contributed by atoms with Crippen LogP contribution < -0.4 is 35.0 Å². The summed E-state index contributed by atoms with van der Waals surface area (Å²) in [6.45, 7) is 2.44. The second-order valence-corrected chi connectivity index (χ2v) is 18.1. The van der Waals surface area contributed by atoms with Gasteiger partial charge in [0.15, 0.2) is 19.8 Å². The molecular formula is C35H38FN8O14PS2. The Bertz CT molecular complexity index is 2470. The molecule has 61 heavy (non-hydrogen) atoms. The largest absolute Gasteiger partial charge is 0.481 e. The fraction of sp³-hybridized carbons (Fsp3) is 0.343. The number of imide groups is 1. The van der Waals surface area contributed by atoms with Crippen LogP contribution in [0.3, 0.4) is 0 Å². The normalized spacial score (nSPS) is 15.9. The number of halogens is 1. The van der Waals surface area contributed by atoms with E-state index in [0.717, 1.165) is 41.2 Å². The number of carbonyl (C=O) groups is 6. The molecule has 0 spiro atoms. The number of amides is 5. The maximum atomic E-state index is 14.7. The van der Waals surface area contributed by atoms with Gasteiger partial charge < -0.3 is 30.3 Å². The zero-order chi connectivity index (χ0) is 45.4. The summed E-state index contributed by atoms with van der Waals surface area (Å²) in [6.07, 6.45) is 8.01. The van der Waals surface area contributed by atoms with Gasteiger partial charge in [-0.1, -0.05) is 5.92 Å². The predicted octanol–water partition coefficient (Wildman–Crippen LogP) is 2.08. The molecule has 2 atom stereocenters. The minimum absolute atomic E-state index is 0.0170. The van der Waals surface area contributed by atoms with Crippen LogP contribution >= 0.6 is 18.7 Å². The quantitative estimate of drug-likeness (QED) is 0.0911. The van der Waals surface area contributed by atoms with E-state index in [2.05, 4.69) is 26.2 Å². The van der Waals surface area contributed by atoms with Crippen LogP contribution in [-0.4, -0.2) is 113 Å². The number of ether oxygens (including phenoxy) is 2. The fourth-order valence-electron chi connectivity index (χ4n) is 5.68. The maximum Gasteiger partial charge on any atom is 0.347 e. The standard InChI is InChI=1S/C19H15FN2O4.C11H11N5O6S2.C5H12NO4P/c1-2-7-21-15-9-14(13(20)8-16(15)26-10-17(21)23)22-18(24)11-5-3-4-6-12(11)19(22)25;1-5-12-9(15-11(13-5)22-2)14-10(19)16-24(20,21)6-3-4-23-7(6)8(17)18;1-11(9,10)3-2-4(6)5(7)8/h1,8-9H,3-7,10H2;3-4H,1-2H3,(H,17,18)(H2,12,13,14,15,16,19);4H,2-3,6H2,1H3,(H,7,8)(H,9,10). The van der Waals surface area contributed by atoms with Crippen LogP contribution in [0.4, 0.5) is 26.5 Å². The molecule has 1 aliphatic carbocycles. The predicted molar refractivity (Wildman–Crippen MR) is 214 cm³/mol. The Morgan fingerprint density at radius 1 is 1.11 bits per heavy atom. The molecule has 2 aromatic heterocycles. The zero-order valence-corrected chi connectivity index (χ0v) is 34.9. The zero-order valence-electron chi connectivity index (χ0n) is 32.4. The fourth-order valence-corrected chi connectivity index (χ4v) is 8.61. The number of sulfonamides is 1. The first-order chi connectivity index (χ1) is 28.6. The number of carboxylic acids is 2. The van der Waals surface area contributed by atoms with E-state index < -0.39 is 68.8 Å². The number of nitrogens with two attached hydrogens (primary N) is 1. The molecule has 0 saturated carbocycles. The molecule has 0 fully saturated rings. The number of terminal acetylenes is 1. The Balaban J connectivity index is 0.000000218. The molecule has 3 aromatic rings. The molecule has 1 aromatic carbocycles. The van der Waals surface area contributed by atoms with E-state index in [1.165, 1.54) is 37.0 Å². The minimum atomic E-state index is -4.37. The van der Waals surface area contributed by atoms with E-state index >= 15 is 0 Å². The lowest BCUT2D eigenvalue weighted by molar-refractivity contribution is -0.138. The molecule has 2 aliphatic heterocycles. The SMILES string of the molecule is C#CCN1C(=O)COc2cc(F)c(N3C(=O)C4=C(CCCC4)C3=O)cc21.COc1nc(C)nc(NC(=O)NS(=O)(=O)c2ccsc2C(=O)O)n1.CP(=O)(O)CCC(N)C(=O)O. The number of nitrogens with zero attached hydrogens (tertiary/aromatic N) is 5. The lowest BCUT2D eigenvalue weighted by atomic mass is 9.93. The van der Waals surface area contributed by atoms with E-state index in [9.17, 15) is 46.1 Å². The summed E-state index contributed by atoms with van der Waals surface area (Å²) in [5.74, 6) is -2.13. The van der Waals surface area contributed by atoms with Gasteiger partial charge in [-0.25, -0.2) is 32.0 Å². The third-order valence-corrected chi connectivity index (χ3v) is 12.0. The molecule has 3 aliphatic rings. The lowest BCUT2D eigenvalue weighted by Gasteiger charge is -2.29. The number of urea groups is 1. The molecule has 0 bridgehead atoms. The number of hydrogen-bond acceptors (Lipinski definition) is 16. The first kappa shape index (κ1) is 47.4. The van der Waals surface area contributed by atoms with E-state index in [4.69, 9.17) is 36.7 Å². The molecule has 6 rings (SSSR count). The molecule has 4 heterocycles. The number of aryl methyl sites for hydroxylation is 1. The number of hydrogen-bond donors (Lipinski definition) is 6.